The molecule has 1 unspecified atom stereocenters. The highest BCUT2D eigenvalue weighted by Crippen LogP contribution is 2.17. The summed E-state index contributed by atoms with van der Waals surface area (Å²) in [7, 11) is 0. The van der Waals surface area contributed by atoms with Crippen molar-refractivity contribution in [1.29, 1.82) is 5.26 Å². The molecule has 0 heterocycles. The van der Waals surface area contributed by atoms with Gasteiger partial charge in [0.05, 0.1) is 23.4 Å². The number of carbonyl (C=O) groups is 1. The molecule has 1 amide bonds. The molecule has 1 atom stereocenters. The van der Waals surface area contributed by atoms with Gasteiger partial charge in [-0.25, -0.2) is 0 Å². The highest BCUT2D eigenvalue weighted by Gasteiger charge is 2.09. The molecule has 1 N–H and O–H groups in total. The Bertz CT molecular complexity index is 710. The molecule has 0 aliphatic heterocycles. The van der Waals surface area contributed by atoms with Gasteiger partial charge < -0.3 is 5.32 Å². The quantitative estimate of drug-likeness (QED) is 0.848. The summed E-state index contributed by atoms with van der Waals surface area (Å²) in [5, 5.41) is 12.5. The summed E-state index contributed by atoms with van der Waals surface area (Å²) in [6.07, 6.45) is 0. The Morgan fingerprint density at radius 1 is 1.30 bits per heavy atom. The van der Waals surface area contributed by atoms with E-state index >= 15 is 0 Å². The zero-order valence-electron chi connectivity index (χ0n) is 12.8. The van der Waals surface area contributed by atoms with Crippen LogP contribution in [0.25, 0.3) is 0 Å². The van der Waals surface area contributed by atoms with E-state index in [0.717, 1.165) is 16.9 Å². The molecular formula is C18H17ClN2OS. The highest BCUT2D eigenvalue weighted by atomic mass is 35.5. The molecule has 23 heavy (non-hydrogen) atoms. The molecule has 2 aromatic carbocycles. The maximum atomic E-state index is 12.0. The molecule has 0 saturated carbocycles. The second-order valence-electron chi connectivity index (χ2n) is 5.15. The fraction of sp³-hybridized carbons (Fsp3) is 0.222. The molecular weight excluding hydrogens is 328 g/mol. The van der Waals surface area contributed by atoms with Crippen LogP contribution in [0, 0.1) is 11.3 Å². The van der Waals surface area contributed by atoms with Crippen LogP contribution in [0.15, 0.2) is 48.5 Å². The number of nitrogens with zero attached hydrogens (tertiary/aromatic N) is 1. The van der Waals surface area contributed by atoms with Crippen molar-refractivity contribution in [3.05, 3.63) is 70.2 Å². The third-order valence-corrected chi connectivity index (χ3v) is 4.55. The molecule has 0 aliphatic carbocycles. The van der Waals surface area contributed by atoms with Crippen molar-refractivity contribution >= 4 is 29.3 Å². The molecule has 0 bridgehead atoms. The monoisotopic (exact) mass is 344 g/mol. The normalized spacial score (nSPS) is 11.5. The SMILES string of the molecule is CC(NC(=O)CSCc1cccc(Cl)c1)c1ccc(C#N)cc1. The lowest BCUT2D eigenvalue weighted by atomic mass is 10.1. The first-order valence-electron chi connectivity index (χ1n) is 7.20. The van der Waals surface area contributed by atoms with Gasteiger partial charge >= 0.3 is 0 Å². The lowest BCUT2D eigenvalue weighted by Gasteiger charge is -2.14. The Labute approximate surface area is 145 Å². The molecule has 0 aliphatic rings. The van der Waals surface area contributed by atoms with Crippen LogP contribution in [0.4, 0.5) is 0 Å². The van der Waals surface area contributed by atoms with E-state index in [-0.39, 0.29) is 11.9 Å². The standard InChI is InChI=1S/C18H17ClN2OS/c1-13(16-7-5-14(10-20)6-8-16)21-18(22)12-23-11-15-3-2-4-17(19)9-15/h2-9,13H,11-12H2,1H3,(H,21,22). The third kappa shape index (κ3) is 5.63. The second kappa shape index (κ2) is 8.61. The first-order valence-corrected chi connectivity index (χ1v) is 8.73. The summed E-state index contributed by atoms with van der Waals surface area (Å²) in [6, 6.07) is 16.9. The van der Waals surface area contributed by atoms with Gasteiger partial charge in [0.15, 0.2) is 0 Å². The first-order chi connectivity index (χ1) is 11.1. The van der Waals surface area contributed by atoms with Crippen molar-refractivity contribution in [2.24, 2.45) is 0 Å². The lowest BCUT2D eigenvalue weighted by molar-refractivity contribution is -0.119. The summed E-state index contributed by atoms with van der Waals surface area (Å²) < 4.78 is 0. The molecule has 0 saturated heterocycles. The van der Waals surface area contributed by atoms with E-state index < -0.39 is 0 Å². The Balaban J connectivity index is 1.78. The van der Waals surface area contributed by atoms with E-state index in [1.54, 1.807) is 23.9 Å². The van der Waals surface area contributed by atoms with Crippen LogP contribution in [0.2, 0.25) is 5.02 Å². The van der Waals surface area contributed by atoms with Crippen LogP contribution in [-0.4, -0.2) is 11.7 Å². The third-order valence-electron chi connectivity index (χ3n) is 3.31. The number of nitriles is 1. The van der Waals surface area contributed by atoms with Crippen molar-refractivity contribution < 1.29 is 4.79 Å². The summed E-state index contributed by atoms with van der Waals surface area (Å²) >= 11 is 7.49. The summed E-state index contributed by atoms with van der Waals surface area (Å²) in [6.45, 7) is 1.93. The van der Waals surface area contributed by atoms with Gasteiger partial charge in [0, 0.05) is 10.8 Å². The zero-order valence-corrected chi connectivity index (χ0v) is 14.3. The van der Waals surface area contributed by atoms with E-state index in [9.17, 15) is 4.79 Å². The van der Waals surface area contributed by atoms with Crippen LogP contribution < -0.4 is 5.32 Å². The van der Waals surface area contributed by atoms with Crippen molar-refractivity contribution in [3.8, 4) is 6.07 Å². The number of thioether (sulfide) groups is 1. The average Bonchev–Trinajstić information content (AvgIpc) is 2.55. The average molecular weight is 345 g/mol. The van der Waals surface area contributed by atoms with Gasteiger partial charge in [-0.05, 0) is 42.3 Å². The van der Waals surface area contributed by atoms with Crippen LogP contribution >= 0.6 is 23.4 Å². The fourth-order valence-electron chi connectivity index (χ4n) is 2.10. The lowest BCUT2D eigenvalue weighted by Crippen LogP contribution is -2.28. The van der Waals surface area contributed by atoms with Gasteiger partial charge in [-0.15, -0.1) is 11.8 Å². The summed E-state index contributed by atoms with van der Waals surface area (Å²) in [5.41, 5.74) is 2.71. The minimum Gasteiger partial charge on any atom is -0.349 e. The number of hydrogen-bond donors (Lipinski definition) is 1. The maximum Gasteiger partial charge on any atom is 0.230 e. The number of rotatable bonds is 6. The Morgan fingerprint density at radius 2 is 2.04 bits per heavy atom. The zero-order chi connectivity index (χ0) is 16.7. The number of amides is 1. The predicted octanol–water partition coefficient (Wildman–Crippen LogP) is 4.32. The number of benzene rings is 2. The first kappa shape index (κ1) is 17.4. The summed E-state index contributed by atoms with van der Waals surface area (Å²) in [4.78, 5) is 12.0. The summed E-state index contributed by atoms with van der Waals surface area (Å²) in [5.74, 6) is 1.14. The van der Waals surface area contributed by atoms with Gasteiger partial charge in [-0.2, -0.15) is 5.26 Å². The highest BCUT2D eigenvalue weighted by molar-refractivity contribution is 7.99. The topological polar surface area (TPSA) is 52.9 Å². The minimum absolute atomic E-state index is 0.00566. The molecule has 0 spiro atoms. The van der Waals surface area contributed by atoms with Crippen molar-refractivity contribution in [2.45, 2.75) is 18.7 Å². The van der Waals surface area contributed by atoms with E-state index in [4.69, 9.17) is 16.9 Å². The predicted molar refractivity (Wildman–Crippen MR) is 95.3 cm³/mol. The maximum absolute atomic E-state index is 12.0. The van der Waals surface area contributed by atoms with Gasteiger partial charge in [0.1, 0.15) is 0 Å². The number of hydrogen-bond acceptors (Lipinski definition) is 3. The van der Waals surface area contributed by atoms with Crippen molar-refractivity contribution in [3.63, 3.8) is 0 Å². The molecule has 3 nitrogen and oxygen atoms in total. The van der Waals surface area contributed by atoms with E-state index in [1.165, 1.54) is 0 Å². The smallest absolute Gasteiger partial charge is 0.230 e. The fourth-order valence-corrected chi connectivity index (χ4v) is 3.10. The Kier molecular flexibility index (Phi) is 6.52. The van der Waals surface area contributed by atoms with Gasteiger partial charge in [-0.1, -0.05) is 35.9 Å². The number of halogens is 1. The van der Waals surface area contributed by atoms with Gasteiger partial charge in [0.25, 0.3) is 0 Å². The Morgan fingerprint density at radius 3 is 2.70 bits per heavy atom. The van der Waals surface area contributed by atoms with Crippen molar-refractivity contribution in [1.82, 2.24) is 5.32 Å². The van der Waals surface area contributed by atoms with E-state index in [0.29, 0.717) is 16.3 Å². The van der Waals surface area contributed by atoms with E-state index in [2.05, 4.69) is 11.4 Å². The van der Waals surface area contributed by atoms with E-state index in [1.807, 2.05) is 43.3 Å². The van der Waals surface area contributed by atoms with Gasteiger partial charge in [-0.3, -0.25) is 4.79 Å². The van der Waals surface area contributed by atoms with Gasteiger partial charge in [0.2, 0.25) is 5.91 Å². The van der Waals surface area contributed by atoms with Crippen LogP contribution in [0.5, 0.6) is 0 Å². The minimum atomic E-state index is -0.0815. The number of carbonyl (C=O) groups excluding carboxylic acids is 1. The van der Waals surface area contributed by atoms with Crippen LogP contribution in [0.1, 0.15) is 29.7 Å². The van der Waals surface area contributed by atoms with Crippen LogP contribution in [-0.2, 0) is 10.5 Å². The molecule has 2 rings (SSSR count). The second-order valence-corrected chi connectivity index (χ2v) is 6.57. The number of nitrogens with one attached hydrogen (secondary N) is 1. The molecule has 118 valence electrons. The Hall–Kier alpha value is -1.96. The molecule has 5 heteroatoms. The largest absolute Gasteiger partial charge is 0.349 e. The molecule has 0 fully saturated rings. The molecule has 2 aromatic rings. The van der Waals surface area contributed by atoms with Crippen LogP contribution in [0.3, 0.4) is 0 Å². The molecule has 0 aromatic heterocycles. The van der Waals surface area contributed by atoms with Crippen molar-refractivity contribution in [2.75, 3.05) is 5.75 Å². The molecule has 0 radical (unpaired) electrons.